The third kappa shape index (κ3) is 3.70. The van der Waals surface area contributed by atoms with E-state index in [4.69, 9.17) is 0 Å². The van der Waals surface area contributed by atoms with Crippen molar-refractivity contribution in [2.24, 2.45) is 5.92 Å². The summed E-state index contributed by atoms with van der Waals surface area (Å²) in [6, 6.07) is 6.63. The minimum absolute atomic E-state index is 0. The second kappa shape index (κ2) is 7.60. The Kier molecular flexibility index (Phi) is 6.43. The third-order valence-corrected chi connectivity index (χ3v) is 3.80. The van der Waals surface area contributed by atoms with Gasteiger partial charge >= 0.3 is 0 Å². The number of nitrogens with zero attached hydrogens (tertiary/aromatic N) is 1. The number of halogens is 2. The summed E-state index contributed by atoms with van der Waals surface area (Å²) >= 11 is 0. The van der Waals surface area contributed by atoms with Crippen molar-refractivity contribution in [3.8, 4) is 0 Å². The average Bonchev–Trinajstić information content (AvgIpc) is 2.78. The molecule has 2 rings (SSSR count). The maximum Gasteiger partial charge on any atom is 0.224 e. The standard InChI is InChI=1S/C15H21FN2O.ClH/c1-11-7-9-18(14(19)6-8-17-2)15(11)12-4-3-5-13(16)10-12;/h3-5,10-11,15,17H,6-9H2,1-2H3;1H. The van der Waals surface area contributed by atoms with Crippen molar-refractivity contribution in [1.29, 1.82) is 0 Å². The molecule has 0 aromatic heterocycles. The fourth-order valence-corrected chi connectivity index (χ4v) is 2.80. The molecule has 1 aliphatic rings. The van der Waals surface area contributed by atoms with E-state index in [0.717, 1.165) is 18.5 Å². The molecule has 20 heavy (non-hydrogen) atoms. The number of benzene rings is 1. The monoisotopic (exact) mass is 300 g/mol. The zero-order valence-electron chi connectivity index (χ0n) is 11.9. The lowest BCUT2D eigenvalue weighted by Gasteiger charge is -2.27. The van der Waals surface area contributed by atoms with Gasteiger partial charge in [0.1, 0.15) is 5.82 Å². The van der Waals surface area contributed by atoms with Crippen LogP contribution in [0.2, 0.25) is 0 Å². The highest BCUT2D eigenvalue weighted by Crippen LogP contribution is 2.37. The Morgan fingerprint density at radius 1 is 1.50 bits per heavy atom. The molecule has 1 saturated heterocycles. The second-order valence-electron chi connectivity index (χ2n) is 5.21. The summed E-state index contributed by atoms with van der Waals surface area (Å²) in [5.74, 6) is 0.285. The highest BCUT2D eigenvalue weighted by Gasteiger charge is 2.35. The molecule has 0 bridgehead atoms. The summed E-state index contributed by atoms with van der Waals surface area (Å²) in [5, 5.41) is 2.99. The van der Waals surface area contributed by atoms with Crippen LogP contribution < -0.4 is 5.32 Å². The van der Waals surface area contributed by atoms with E-state index >= 15 is 0 Å². The highest BCUT2D eigenvalue weighted by atomic mass is 35.5. The second-order valence-corrected chi connectivity index (χ2v) is 5.21. The number of carbonyl (C=O) groups excluding carboxylic acids is 1. The molecular weight excluding hydrogens is 279 g/mol. The van der Waals surface area contributed by atoms with E-state index in [2.05, 4.69) is 12.2 Å². The molecule has 1 heterocycles. The van der Waals surface area contributed by atoms with E-state index < -0.39 is 0 Å². The van der Waals surface area contributed by atoms with E-state index in [1.165, 1.54) is 6.07 Å². The first-order valence-corrected chi connectivity index (χ1v) is 6.83. The molecule has 0 saturated carbocycles. The van der Waals surface area contributed by atoms with Crippen LogP contribution in [-0.2, 0) is 4.79 Å². The van der Waals surface area contributed by atoms with E-state index in [0.29, 0.717) is 18.9 Å². The number of rotatable bonds is 4. The molecule has 2 atom stereocenters. The molecule has 5 heteroatoms. The first-order valence-electron chi connectivity index (χ1n) is 6.83. The molecule has 0 spiro atoms. The quantitative estimate of drug-likeness (QED) is 0.927. The maximum atomic E-state index is 13.4. The normalized spacial score (nSPS) is 21.6. The Morgan fingerprint density at radius 3 is 2.90 bits per heavy atom. The van der Waals surface area contributed by atoms with Crippen LogP contribution in [0.1, 0.15) is 31.4 Å². The molecule has 1 fully saturated rings. The molecule has 1 aromatic rings. The molecule has 1 N–H and O–H groups in total. The van der Waals surface area contributed by atoms with Crippen molar-refractivity contribution < 1.29 is 9.18 Å². The predicted molar refractivity (Wildman–Crippen MR) is 80.4 cm³/mol. The van der Waals surface area contributed by atoms with Gasteiger partial charge in [0.25, 0.3) is 0 Å². The van der Waals surface area contributed by atoms with Gasteiger partial charge in [0.05, 0.1) is 6.04 Å². The summed E-state index contributed by atoms with van der Waals surface area (Å²) in [6.07, 6.45) is 1.47. The first-order chi connectivity index (χ1) is 9.13. The highest BCUT2D eigenvalue weighted by molar-refractivity contribution is 5.85. The van der Waals surface area contributed by atoms with Gasteiger partial charge in [-0.1, -0.05) is 19.1 Å². The zero-order valence-corrected chi connectivity index (χ0v) is 12.8. The van der Waals surface area contributed by atoms with E-state index in [1.54, 1.807) is 12.1 Å². The lowest BCUT2D eigenvalue weighted by molar-refractivity contribution is -0.132. The van der Waals surface area contributed by atoms with Crippen molar-refractivity contribution in [2.45, 2.75) is 25.8 Å². The van der Waals surface area contributed by atoms with Crippen LogP contribution in [0, 0.1) is 11.7 Å². The van der Waals surface area contributed by atoms with E-state index in [9.17, 15) is 9.18 Å². The van der Waals surface area contributed by atoms with Gasteiger partial charge in [0, 0.05) is 19.5 Å². The SMILES string of the molecule is CNCCC(=O)N1CCC(C)C1c1cccc(F)c1.Cl. The molecule has 112 valence electrons. The number of amides is 1. The van der Waals surface area contributed by atoms with Gasteiger partial charge in [0.15, 0.2) is 0 Å². The summed E-state index contributed by atoms with van der Waals surface area (Å²) in [7, 11) is 1.84. The summed E-state index contributed by atoms with van der Waals surface area (Å²) < 4.78 is 13.4. The van der Waals surface area contributed by atoms with Gasteiger partial charge in [-0.2, -0.15) is 0 Å². The molecule has 1 aromatic carbocycles. The summed E-state index contributed by atoms with van der Waals surface area (Å²) in [5.41, 5.74) is 0.905. The van der Waals surface area contributed by atoms with Crippen LogP contribution in [0.25, 0.3) is 0 Å². The molecule has 3 nitrogen and oxygen atoms in total. The minimum atomic E-state index is -0.237. The summed E-state index contributed by atoms with van der Waals surface area (Å²) in [6.45, 7) is 3.57. The Morgan fingerprint density at radius 2 is 2.25 bits per heavy atom. The average molecular weight is 301 g/mol. The van der Waals surface area contributed by atoms with Gasteiger partial charge in [-0.05, 0) is 37.1 Å². The zero-order chi connectivity index (χ0) is 13.8. The number of hydrogen-bond donors (Lipinski definition) is 1. The third-order valence-electron chi connectivity index (χ3n) is 3.80. The smallest absolute Gasteiger partial charge is 0.224 e. The molecule has 1 amide bonds. The van der Waals surface area contributed by atoms with Crippen LogP contribution in [-0.4, -0.2) is 30.9 Å². The van der Waals surface area contributed by atoms with Crippen molar-refractivity contribution in [3.05, 3.63) is 35.6 Å². The Balaban J connectivity index is 0.00000200. The van der Waals surface area contributed by atoms with Crippen molar-refractivity contribution >= 4 is 18.3 Å². The predicted octanol–water partition coefficient (Wildman–Crippen LogP) is 2.77. The summed E-state index contributed by atoms with van der Waals surface area (Å²) in [4.78, 5) is 14.1. The van der Waals surface area contributed by atoms with E-state index in [1.807, 2.05) is 18.0 Å². The Bertz CT molecular complexity index is 455. The Hall–Kier alpha value is -1.13. The van der Waals surface area contributed by atoms with Crippen LogP contribution in [0.5, 0.6) is 0 Å². The number of hydrogen-bond acceptors (Lipinski definition) is 2. The Labute approximate surface area is 125 Å². The van der Waals surface area contributed by atoms with Crippen LogP contribution >= 0.6 is 12.4 Å². The van der Waals surface area contributed by atoms with Crippen molar-refractivity contribution in [3.63, 3.8) is 0 Å². The number of carbonyl (C=O) groups is 1. The molecule has 0 aliphatic carbocycles. The van der Waals surface area contributed by atoms with Gasteiger partial charge in [0.2, 0.25) is 5.91 Å². The molecule has 0 radical (unpaired) electrons. The minimum Gasteiger partial charge on any atom is -0.335 e. The van der Waals surface area contributed by atoms with Gasteiger partial charge in [-0.3, -0.25) is 4.79 Å². The van der Waals surface area contributed by atoms with Crippen LogP contribution in [0.4, 0.5) is 4.39 Å². The van der Waals surface area contributed by atoms with Crippen molar-refractivity contribution in [1.82, 2.24) is 10.2 Å². The lowest BCUT2D eigenvalue weighted by atomic mass is 9.95. The fraction of sp³-hybridized carbons (Fsp3) is 0.533. The topological polar surface area (TPSA) is 32.3 Å². The lowest BCUT2D eigenvalue weighted by Crippen LogP contribution is -2.33. The van der Waals surface area contributed by atoms with Gasteiger partial charge in [-0.15, -0.1) is 12.4 Å². The maximum absolute atomic E-state index is 13.4. The van der Waals surface area contributed by atoms with Crippen molar-refractivity contribution in [2.75, 3.05) is 20.1 Å². The largest absolute Gasteiger partial charge is 0.335 e. The number of likely N-dealkylation sites (tertiary alicyclic amines) is 1. The molecular formula is C15H22ClFN2O. The first kappa shape index (κ1) is 16.9. The fourth-order valence-electron chi connectivity index (χ4n) is 2.80. The van der Waals surface area contributed by atoms with Crippen LogP contribution in [0.15, 0.2) is 24.3 Å². The molecule has 1 aliphatic heterocycles. The number of nitrogens with one attached hydrogen (secondary N) is 1. The van der Waals surface area contributed by atoms with Gasteiger partial charge < -0.3 is 10.2 Å². The van der Waals surface area contributed by atoms with Crippen LogP contribution in [0.3, 0.4) is 0 Å². The van der Waals surface area contributed by atoms with Gasteiger partial charge in [-0.25, -0.2) is 4.39 Å². The van der Waals surface area contributed by atoms with E-state index in [-0.39, 0.29) is 30.2 Å². The molecule has 2 unspecified atom stereocenters.